The van der Waals surface area contributed by atoms with E-state index in [1.54, 1.807) is 37.3 Å². The molecular formula is C27H26N2O5. The van der Waals surface area contributed by atoms with E-state index in [0.29, 0.717) is 29.5 Å². The van der Waals surface area contributed by atoms with E-state index in [2.05, 4.69) is 5.32 Å². The zero-order chi connectivity index (χ0) is 23.9. The van der Waals surface area contributed by atoms with Crippen LogP contribution in [-0.2, 0) is 11.4 Å². The lowest BCUT2D eigenvalue weighted by atomic mass is 10.1. The molecule has 0 aliphatic heterocycles. The standard InChI is InChI=1S/C27H26N2O5/c1-3-29(17-26(30)28-23-10-6-7-11-24(23)32-2)27(31)25-15-14-22(34-25)18-33-21-13-12-19-8-4-5-9-20(19)16-21/h4-16H,3,17-18H2,1-2H3,(H,28,30). The summed E-state index contributed by atoms with van der Waals surface area (Å²) >= 11 is 0. The maximum Gasteiger partial charge on any atom is 0.290 e. The van der Waals surface area contributed by atoms with Gasteiger partial charge in [-0.15, -0.1) is 0 Å². The zero-order valence-electron chi connectivity index (χ0n) is 19.1. The van der Waals surface area contributed by atoms with Crippen molar-refractivity contribution >= 4 is 28.3 Å². The average molecular weight is 459 g/mol. The summed E-state index contributed by atoms with van der Waals surface area (Å²) in [6.45, 7) is 2.23. The first-order chi connectivity index (χ1) is 16.6. The van der Waals surface area contributed by atoms with Gasteiger partial charge in [-0.2, -0.15) is 0 Å². The van der Waals surface area contributed by atoms with Crippen molar-refractivity contribution in [3.05, 3.63) is 90.4 Å². The van der Waals surface area contributed by atoms with Gasteiger partial charge in [0.2, 0.25) is 5.91 Å². The molecule has 0 radical (unpaired) electrons. The van der Waals surface area contributed by atoms with Crippen LogP contribution in [0.2, 0.25) is 0 Å². The fraction of sp³-hybridized carbons (Fsp3) is 0.185. The SMILES string of the molecule is CCN(CC(=O)Nc1ccccc1OC)C(=O)c1ccc(COc2ccc3ccccc3c2)o1. The molecule has 0 unspecified atom stereocenters. The molecule has 3 aromatic carbocycles. The maximum atomic E-state index is 12.9. The van der Waals surface area contributed by atoms with Crippen LogP contribution in [0.15, 0.2) is 83.3 Å². The van der Waals surface area contributed by atoms with E-state index in [1.807, 2.05) is 48.5 Å². The second-order valence-corrected chi connectivity index (χ2v) is 7.63. The second-order valence-electron chi connectivity index (χ2n) is 7.63. The van der Waals surface area contributed by atoms with Crippen LogP contribution in [0.3, 0.4) is 0 Å². The molecule has 7 heteroatoms. The first-order valence-corrected chi connectivity index (χ1v) is 11.0. The fourth-order valence-corrected chi connectivity index (χ4v) is 3.58. The summed E-state index contributed by atoms with van der Waals surface area (Å²) in [5, 5.41) is 5.00. The topological polar surface area (TPSA) is 81.0 Å². The molecule has 7 nitrogen and oxygen atoms in total. The Morgan fingerprint density at radius 2 is 1.71 bits per heavy atom. The zero-order valence-corrected chi connectivity index (χ0v) is 19.1. The lowest BCUT2D eigenvalue weighted by Crippen LogP contribution is -2.37. The van der Waals surface area contributed by atoms with Gasteiger partial charge < -0.3 is 24.1 Å². The number of anilines is 1. The Kier molecular flexibility index (Phi) is 7.13. The molecule has 1 heterocycles. The van der Waals surface area contributed by atoms with E-state index < -0.39 is 0 Å². The minimum absolute atomic E-state index is 0.114. The quantitative estimate of drug-likeness (QED) is 0.376. The molecule has 0 aliphatic rings. The van der Waals surface area contributed by atoms with E-state index in [-0.39, 0.29) is 30.7 Å². The van der Waals surface area contributed by atoms with Crippen LogP contribution in [-0.4, -0.2) is 36.9 Å². The number of rotatable bonds is 9. The highest BCUT2D eigenvalue weighted by Gasteiger charge is 2.21. The number of carbonyl (C=O) groups excluding carboxylic acids is 2. The predicted octanol–water partition coefficient (Wildman–Crippen LogP) is 5.12. The van der Waals surface area contributed by atoms with Crippen molar-refractivity contribution in [2.75, 3.05) is 25.5 Å². The highest BCUT2D eigenvalue weighted by atomic mass is 16.5. The minimum Gasteiger partial charge on any atom is -0.495 e. The third-order valence-corrected chi connectivity index (χ3v) is 5.36. The Bertz CT molecular complexity index is 1300. The smallest absolute Gasteiger partial charge is 0.290 e. The van der Waals surface area contributed by atoms with Crippen molar-refractivity contribution in [3.8, 4) is 11.5 Å². The van der Waals surface area contributed by atoms with Crippen LogP contribution in [0.1, 0.15) is 23.2 Å². The van der Waals surface area contributed by atoms with E-state index in [0.717, 1.165) is 10.8 Å². The number of hydrogen-bond donors (Lipinski definition) is 1. The first kappa shape index (κ1) is 22.9. The largest absolute Gasteiger partial charge is 0.495 e. The number of fused-ring (bicyclic) bond motifs is 1. The van der Waals surface area contributed by atoms with Gasteiger partial charge in [-0.1, -0.05) is 42.5 Å². The van der Waals surface area contributed by atoms with Crippen LogP contribution in [0.4, 0.5) is 5.69 Å². The Balaban J connectivity index is 1.36. The molecule has 4 aromatic rings. The normalized spacial score (nSPS) is 10.6. The van der Waals surface area contributed by atoms with Crippen LogP contribution >= 0.6 is 0 Å². The highest BCUT2D eigenvalue weighted by Crippen LogP contribution is 2.24. The van der Waals surface area contributed by atoms with Gasteiger partial charge in [-0.05, 0) is 54.1 Å². The molecule has 0 fully saturated rings. The summed E-state index contributed by atoms with van der Waals surface area (Å²) in [5.41, 5.74) is 0.546. The predicted molar refractivity (Wildman–Crippen MR) is 130 cm³/mol. The van der Waals surface area contributed by atoms with Crippen LogP contribution in [0, 0.1) is 0 Å². The van der Waals surface area contributed by atoms with E-state index in [1.165, 1.54) is 12.0 Å². The molecule has 0 spiro atoms. The molecule has 0 saturated carbocycles. The van der Waals surface area contributed by atoms with Gasteiger partial charge in [0.25, 0.3) is 5.91 Å². The van der Waals surface area contributed by atoms with Crippen LogP contribution in [0.5, 0.6) is 11.5 Å². The Morgan fingerprint density at radius 3 is 2.50 bits per heavy atom. The van der Waals surface area contributed by atoms with Gasteiger partial charge in [0, 0.05) is 6.54 Å². The Hall–Kier alpha value is -4.26. The lowest BCUT2D eigenvalue weighted by molar-refractivity contribution is -0.116. The van der Waals surface area contributed by atoms with Gasteiger partial charge in [0.05, 0.1) is 12.8 Å². The van der Waals surface area contributed by atoms with Crippen molar-refractivity contribution in [1.29, 1.82) is 0 Å². The summed E-state index contributed by atoms with van der Waals surface area (Å²) in [5.74, 6) is 1.24. The highest BCUT2D eigenvalue weighted by molar-refractivity contribution is 5.98. The molecule has 4 rings (SSSR count). The van der Waals surface area contributed by atoms with Gasteiger partial charge in [-0.25, -0.2) is 0 Å². The van der Waals surface area contributed by atoms with Crippen LogP contribution in [0.25, 0.3) is 10.8 Å². The molecule has 34 heavy (non-hydrogen) atoms. The molecule has 174 valence electrons. The molecule has 2 amide bonds. The molecular weight excluding hydrogens is 432 g/mol. The van der Waals surface area contributed by atoms with Crippen molar-refractivity contribution in [2.45, 2.75) is 13.5 Å². The summed E-state index contributed by atoms with van der Waals surface area (Å²) < 4.78 is 16.8. The molecule has 0 aliphatic carbocycles. The maximum absolute atomic E-state index is 12.9. The van der Waals surface area contributed by atoms with Gasteiger partial charge in [0.1, 0.15) is 30.4 Å². The van der Waals surface area contributed by atoms with Crippen molar-refractivity contribution in [2.24, 2.45) is 0 Å². The fourth-order valence-electron chi connectivity index (χ4n) is 3.58. The first-order valence-electron chi connectivity index (χ1n) is 11.0. The third-order valence-electron chi connectivity index (χ3n) is 5.36. The monoisotopic (exact) mass is 458 g/mol. The van der Waals surface area contributed by atoms with Crippen molar-refractivity contribution in [1.82, 2.24) is 4.90 Å². The Morgan fingerprint density at radius 1 is 0.941 bits per heavy atom. The van der Waals surface area contributed by atoms with Crippen molar-refractivity contribution in [3.63, 3.8) is 0 Å². The number of methoxy groups -OCH3 is 1. The second kappa shape index (κ2) is 10.6. The minimum atomic E-state index is -0.366. The number of likely N-dealkylation sites (N-methyl/N-ethyl adjacent to an activating group) is 1. The number of nitrogens with one attached hydrogen (secondary N) is 1. The number of nitrogens with zero attached hydrogens (tertiary/aromatic N) is 1. The van der Waals surface area contributed by atoms with E-state index >= 15 is 0 Å². The van der Waals surface area contributed by atoms with Crippen molar-refractivity contribution < 1.29 is 23.5 Å². The van der Waals surface area contributed by atoms with E-state index in [9.17, 15) is 9.59 Å². The lowest BCUT2D eigenvalue weighted by Gasteiger charge is -2.19. The number of carbonyl (C=O) groups is 2. The van der Waals surface area contributed by atoms with Crippen LogP contribution < -0.4 is 14.8 Å². The van der Waals surface area contributed by atoms with Gasteiger partial charge in [0.15, 0.2) is 5.76 Å². The summed E-state index contributed by atoms with van der Waals surface area (Å²) in [4.78, 5) is 26.9. The molecule has 0 atom stereocenters. The number of hydrogen-bond acceptors (Lipinski definition) is 5. The summed E-state index contributed by atoms with van der Waals surface area (Å²) in [7, 11) is 1.53. The molecule has 0 bridgehead atoms. The number of amides is 2. The number of furan rings is 1. The van der Waals surface area contributed by atoms with Gasteiger partial charge >= 0.3 is 0 Å². The third kappa shape index (κ3) is 5.38. The molecule has 1 aromatic heterocycles. The number of para-hydroxylation sites is 2. The number of ether oxygens (including phenoxy) is 2. The van der Waals surface area contributed by atoms with Gasteiger partial charge in [-0.3, -0.25) is 9.59 Å². The number of benzene rings is 3. The Labute approximate surface area is 197 Å². The molecule has 1 N–H and O–H groups in total. The van der Waals surface area contributed by atoms with E-state index in [4.69, 9.17) is 13.9 Å². The molecule has 0 saturated heterocycles. The average Bonchev–Trinajstić information content (AvgIpc) is 3.35. The summed E-state index contributed by atoms with van der Waals surface area (Å²) in [6.07, 6.45) is 0. The summed E-state index contributed by atoms with van der Waals surface area (Å²) in [6, 6.07) is 24.3.